The molecule has 0 radical (unpaired) electrons. The molecule has 6 heteroatoms. The van der Waals surface area contributed by atoms with E-state index in [4.69, 9.17) is 4.98 Å². The number of aryl methyl sites for hydroxylation is 2. The highest BCUT2D eigenvalue weighted by Crippen LogP contribution is 2.32. The Balaban J connectivity index is 1.41. The molecule has 0 saturated carbocycles. The number of carbonyl (C=O) groups excluding carboxylic acids is 1. The summed E-state index contributed by atoms with van der Waals surface area (Å²) >= 11 is 0. The summed E-state index contributed by atoms with van der Waals surface area (Å²) in [6.07, 6.45) is 8.48. The van der Waals surface area contributed by atoms with Gasteiger partial charge in [0.1, 0.15) is 5.75 Å². The third kappa shape index (κ3) is 4.79. The van der Waals surface area contributed by atoms with Crippen LogP contribution in [0.5, 0.6) is 5.75 Å². The fraction of sp³-hybridized carbons (Fsp3) is 0.400. The minimum Gasteiger partial charge on any atom is -0.505 e. The van der Waals surface area contributed by atoms with Crippen molar-refractivity contribution in [3.8, 4) is 5.75 Å². The Morgan fingerprint density at radius 3 is 2.77 bits per heavy atom. The summed E-state index contributed by atoms with van der Waals surface area (Å²) < 4.78 is 4.68. The SMILES string of the molecule is COC(=O)c1nc(CCCCNc2c3c(nc4ccccc24)CCCCC3)ccc1O. The van der Waals surface area contributed by atoms with E-state index in [1.807, 2.05) is 0 Å². The lowest BCUT2D eigenvalue weighted by atomic mass is 10.0. The molecule has 4 rings (SSSR count). The Morgan fingerprint density at radius 2 is 1.90 bits per heavy atom. The first kappa shape index (κ1) is 21.1. The first-order chi connectivity index (χ1) is 15.2. The van der Waals surface area contributed by atoms with E-state index in [0.29, 0.717) is 0 Å². The molecule has 0 aliphatic heterocycles. The number of hydrogen-bond donors (Lipinski definition) is 2. The highest BCUT2D eigenvalue weighted by Gasteiger charge is 2.17. The molecule has 0 unspecified atom stereocenters. The number of pyridine rings is 2. The van der Waals surface area contributed by atoms with E-state index >= 15 is 0 Å². The Labute approximate surface area is 182 Å². The van der Waals surface area contributed by atoms with Gasteiger partial charge in [-0.15, -0.1) is 0 Å². The average Bonchev–Trinajstić information content (AvgIpc) is 3.04. The largest absolute Gasteiger partial charge is 0.505 e. The molecule has 1 aromatic carbocycles. The van der Waals surface area contributed by atoms with Crippen molar-refractivity contribution in [3.05, 3.63) is 59.0 Å². The zero-order chi connectivity index (χ0) is 21.6. The number of hydrogen-bond acceptors (Lipinski definition) is 6. The van der Waals surface area contributed by atoms with Gasteiger partial charge in [0, 0.05) is 29.0 Å². The molecule has 2 N–H and O–H groups in total. The van der Waals surface area contributed by atoms with Crippen molar-refractivity contribution in [1.29, 1.82) is 0 Å². The standard InChI is InChI=1S/C25H29N3O3/c1-31-25(30)24-22(29)15-14-17(27-24)9-7-8-16-26-23-18-10-3-2-4-12-20(18)28-21-13-6-5-11-19(21)23/h5-6,11,13-15,29H,2-4,7-10,12,16H2,1H3,(H,26,28). The van der Waals surface area contributed by atoms with Gasteiger partial charge in [0.05, 0.1) is 12.6 Å². The van der Waals surface area contributed by atoms with Crippen LogP contribution in [0.3, 0.4) is 0 Å². The average molecular weight is 420 g/mol. The Kier molecular flexibility index (Phi) is 6.65. The Bertz CT molecular complexity index is 1080. The molecule has 0 bridgehead atoms. The Morgan fingerprint density at radius 1 is 1.06 bits per heavy atom. The number of rotatable bonds is 7. The van der Waals surface area contributed by atoms with Crippen molar-refractivity contribution < 1.29 is 14.6 Å². The third-order valence-corrected chi connectivity index (χ3v) is 5.89. The molecule has 0 spiro atoms. The van der Waals surface area contributed by atoms with Crippen LogP contribution in [-0.4, -0.2) is 34.7 Å². The van der Waals surface area contributed by atoms with E-state index < -0.39 is 5.97 Å². The van der Waals surface area contributed by atoms with Crippen molar-refractivity contribution >= 4 is 22.6 Å². The summed E-state index contributed by atoms with van der Waals surface area (Å²) in [6, 6.07) is 11.6. The number of esters is 1. The van der Waals surface area contributed by atoms with Gasteiger partial charge in [-0.05, 0) is 68.7 Å². The van der Waals surface area contributed by atoms with Crippen molar-refractivity contribution in [2.24, 2.45) is 0 Å². The van der Waals surface area contributed by atoms with Gasteiger partial charge >= 0.3 is 5.97 Å². The monoisotopic (exact) mass is 419 g/mol. The molecular weight excluding hydrogens is 390 g/mol. The van der Waals surface area contributed by atoms with Crippen LogP contribution in [0.25, 0.3) is 10.9 Å². The van der Waals surface area contributed by atoms with Gasteiger partial charge in [-0.3, -0.25) is 4.98 Å². The first-order valence-electron chi connectivity index (χ1n) is 11.1. The lowest BCUT2D eigenvalue weighted by molar-refractivity contribution is 0.0590. The number of benzene rings is 1. The number of methoxy groups -OCH3 is 1. The van der Waals surface area contributed by atoms with Gasteiger partial charge in [-0.1, -0.05) is 24.6 Å². The van der Waals surface area contributed by atoms with Crippen LogP contribution >= 0.6 is 0 Å². The van der Waals surface area contributed by atoms with Gasteiger partial charge in [-0.2, -0.15) is 0 Å². The molecule has 1 aliphatic carbocycles. The predicted octanol–water partition coefficient (Wildman–Crippen LogP) is 4.83. The van der Waals surface area contributed by atoms with Crippen molar-refractivity contribution in [3.63, 3.8) is 0 Å². The smallest absolute Gasteiger partial charge is 0.360 e. The highest BCUT2D eigenvalue weighted by molar-refractivity contribution is 5.93. The van der Waals surface area contributed by atoms with Crippen LogP contribution in [0.4, 0.5) is 5.69 Å². The second kappa shape index (κ2) is 9.77. The van der Waals surface area contributed by atoms with Crippen LogP contribution in [0.1, 0.15) is 59.5 Å². The maximum Gasteiger partial charge on any atom is 0.360 e. The number of unbranched alkanes of at least 4 members (excludes halogenated alkanes) is 1. The van der Waals surface area contributed by atoms with E-state index in [2.05, 4.69) is 39.3 Å². The molecule has 3 aromatic rings. The van der Waals surface area contributed by atoms with Crippen molar-refractivity contribution in [2.75, 3.05) is 19.0 Å². The fourth-order valence-electron chi connectivity index (χ4n) is 4.27. The van der Waals surface area contributed by atoms with E-state index in [1.54, 1.807) is 6.07 Å². The summed E-state index contributed by atoms with van der Waals surface area (Å²) in [5.41, 5.74) is 5.71. The first-order valence-corrected chi connectivity index (χ1v) is 11.1. The lowest BCUT2D eigenvalue weighted by Crippen LogP contribution is -2.09. The van der Waals surface area contributed by atoms with Crippen LogP contribution in [0.15, 0.2) is 36.4 Å². The second-order valence-corrected chi connectivity index (χ2v) is 8.04. The van der Waals surface area contributed by atoms with Crippen LogP contribution in [0, 0.1) is 0 Å². The maximum atomic E-state index is 11.7. The van der Waals surface area contributed by atoms with E-state index in [1.165, 1.54) is 54.8 Å². The predicted molar refractivity (Wildman–Crippen MR) is 122 cm³/mol. The van der Waals surface area contributed by atoms with E-state index in [9.17, 15) is 9.90 Å². The molecule has 0 amide bonds. The fourth-order valence-corrected chi connectivity index (χ4v) is 4.27. The molecule has 0 fully saturated rings. The molecular formula is C25H29N3O3. The number of nitrogens with one attached hydrogen (secondary N) is 1. The number of nitrogens with zero attached hydrogens (tertiary/aromatic N) is 2. The van der Waals surface area contributed by atoms with E-state index in [0.717, 1.165) is 49.9 Å². The molecule has 2 heterocycles. The number of anilines is 1. The summed E-state index contributed by atoms with van der Waals surface area (Å²) in [7, 11) is 1.28. The van der Waals surface area contributed by atoms with Gasteiger partial charge in [0.25, 0.3) is 0 Å². The minimum atomic E-state index is -0.619. The zero-order valence-electron chi connectivity index (χ0n) is 18.0. The minimum absolute atomic E-state index is 0.0240. The topological polar surface area (TPSA) is 84.3 Å². The summed E-state index contributed by atoms with van der Waals surface area (Å²) in [6.45, 7) is 0.863. The van der Waals surface area contributed by atoms with Gasteiger partial charge in [0.2, 0.25) is 0 Å². The molecule has 31 heavy (non-hydrogen) atoms. The maximum absolute atomic E-state index is 11.7. The molecule has 2 aromatic heterocycles. The number of aromatic hydroxyl groups is 1. The number of fused-ring (bicyclic) bond motifs is 2. The summed E-state index contributed by atoms with van der Waals surface area (Å²) in [4.78, 5) is 20.9. The number of aromatic nitrogens is 2. The van der Waals surface area contributed by atoms with Crippen LogP contribution in [0.2, 0.25) is 0 Å². The number of ether oxygens (including phenoxy) is 1. The lowest BCUT2D eigenvalue weighted by Gasteiger charge is -2.17. The molecule has 0 atom stereocenters. The Hall–Kier alpha value is -3.15. The van der Waals surface area contributed by atoms with Crippen molar-refractivity contribution in [1.82, 2.24) is 9.97 Å². The van der Waals surface area contributed by atoms with Gasteiger partial charge in [0.15, 0.2) is 5.69 Å². The van der Waals surface area contributed by atoms with Crippen LogP contribution < -0.4 is 5.32 Å². The van der Waals surface area contributed by atoms with Crippen molar-refractivity contribution in [2.45, 2.75) is 51.4 Å². The molecule has 162 valence electrons. The summed E-state index contributed by atoms with van der Waals surface area (Å²) in [5.74, 6) is -0.770. The molecule has 0 saturated heterocycles. The number of carbonyl (C=O) groups is 1. The third-order valence-electron chi connectivity index (χ3n) is 5.89. The molecule has 1 aliphatic rings. The van der Waals surface area contributed by atoms with Gasteiger partial charge in [-0.25, -0.2) is 9.78 Å². The highest BCUT2D eigenvalue weighted by atomic mass is 16.5. The van der Waals surface area contributed by atoms with Gasteiger partial charge < -0.3 is 15.2 Å². The molecule has 6 nitrogen and oxygen atoms in total. The number of para-hydroxylation sites is 1. The van der Waals surface area contributed by atoms with Crippen LogP contribution in [-0.2, 0) is 24.0 Å². The van der Waals surface area contributed by atoms with E-state index in [-0.39, 0.29) is 11.4 Å². The zero-order valence-corrected chi connectivity index (χ0v) is 18.0. The normalized spacial score (nSPS) is 13.5. The summed E-state index contributed by atoms with van der Waals surface area (Å²) in [5, 5.41) is 14.7. The second-order valence-electron chi connectivity index (χ2n) is 8.04. The quantitative estimate of drug-likeness (QED) is 0.324.